The number of nitrogens with zero attached hydrogens (tertiary/aromatic N) is 2. The largest absolute Gasteiger partial charge is 0.303 e. The molecule has 3 aromatic rings. The Hall–Kier alpha value is -1.87. The molecule has 24 heavy (non-hydrogen) atoms. The Bertz CT molecular complexity index is 723. The molecule has 1 aromatic carbocycles. The number of aryl methyl sites for hydroxylation is 2. The number of pyridine rings is 1. The van der Waals surface area contributed by atoms with Crippen molar-refractivity contribution < 1.29 is 0 Å². The fourth-order valence-corrected chi connectivity index (χ4v) is 2.62. The Morgan fingerprint density at radius 2 is 1.29 bits per heavy atom. The number of hydrogen-bond donors (Lipinski definition) is 0. The number of benzene rings is 1. The molecule has 0 saturated heterocycles. The van der Waals surface area contributed by atoms with Crippen LogP contribution in [0.25, 0.3) is 17.1 Å². The lowest BCUT2D eigenvalue weighted by Gasteiger charge is -2.10. The van der Waals surface area contributed by atoms with Crippen molar-refractivity contribution >= 4 is 15.9 Å². The molecule has 0 aliphatic heterocycles. The SMILES string of the molecule is CC.CC.Cc1ccc(C)n1-c1cccc(-c2ccc(Br)cc2)n1. The van der Waals surface area contributed by atoms with Crippen LogP contribution < -0.4 is 0 Å². The number of aromatic nitrogens is 2. The second-order valence-electron chi connectivity index (χ2n) is 4.84. The maximum absolute atomic E-state index is 4.78. The van der Waals surface area contributed by atoms with Crippen molar-refractivity contribution in [3.05, 3.63) is 70.5 Å². The summed E-state index contributed by atoms with van der Waals surface area (Å²) in [6, 6.07) is 18.6. The Balaban J connectivity index is 0.000000671. The minimum atomic E-state index is 0.963. The summed E-state index contributed by atoms with van der Waals surface area (Å²) in [7, 11) is 0. The normalized spacial score (nSPS) is 9.46. The van der Waals surface area contributed by atoms with Crippen LogP contribution in [0.1, 0.15) is 39.1 Å². The highest BCUT2D eigenvalue weighted by molar-refractivity contribution is 9.10. The molecule has 0 aliphatic carbocycles. The van der Waals surface area contributed by atoms with Crippen LogP contribution in [0.3, 0.4) is 0 Å². The van der Waals surface area contributed by atoms with Gasteiger partial charge in [0.1, 0.15) is 5.82 Å². The van der Waals surface area contributed by atoms with Crippen LogP contribution in [0.2, 0.25) is 0 Å². The van der Waals surface area contributed by atoms with Gasteiger partial charge in [0.25, 0.3) is 0 Å². The van der Waals surface area contributed by atoms with Crippen molar-refractivity contribution in [1.82, 2.24) is 9.55 Å². The molecule has 2 heterocycles. The van der Waals surface area contributed by atoms with Gasteiger partial charge in [-0.15, -0.1) is 0 Å². The first-order valence-electron chi connectivity index (χ1n) is 8.53. The maximum atomic E-state index is 4.78. The van der Waals surface area contributed by atoms with Crippen molar-refractivity contribution in [2.24, 2.45) is 0 Å². The van der Waals surface area contributed by atoms with Gasteiger partial charge in [0.15, 0.2) is 0 Å². The quantitative estimate of drug-likeness (QED) is 0.464. The van der Waals surface area contributed by atoms with Gasteiger partial charge in [-0.2, -0.15) is 0 Å². The third-order valence-electron chi connectivity index (χ3n) is 3.37. The van der Waals surface area contributed by atoms with Crippen molar-refractivity contribution in [2.75, 3.05) is 0 Å². The van der Waals surface area contributed by atoms with E-state index in [9.17, 15) is 0 Å². The number of rotatable bonds is 2. The molecule has 0 radical (unpaired) electrons. The van der Waals surface area contributed by atoms with Crippen LogP contribution >= 0.6 is 15.9 Å². The lowest BCUT2D eigenvalue weighted by Crippen LogP contribution is -2.02. The van der Waals surface area contributed by atoms with E-state index in [1.54, 1.807) is 0 Å². The maximum Gasteiger partial charge on any atom is 0.137 e. The fraction of sp³-hybridized carbons (Fsp3) is 0.286. The average molecular weight is 387 g/mol. The van der Waals surface area contributed by atoms with Gasteiger partial charge in [-0.1, -0.05) is 61.8 Å². The van der Waals surface area contributed by atoms with E-state index in [1.807, 2.05) is 52.0 Å². The van der Waals surface area contributed by atoms with Gasteiger partial charge in [0, 0.05) is 21.4 Å². The highest BCUT2D eigenvalue weighted by Crippen LogP contribution is 2.22. The van der Waals surface area contributed by atoms with Gasteiger partial charge in [-0.05, 0) is 50.2 Å². The predicted octanol–water partition coefficient (Wildman–Crippen LogP) is 6.97. The van der Waals surface area contributed by atoms with Gasteiger partial charge >= 0.3 is 0 Å². The summed E-state index contributed by atoms with van der Waals surface area (Å²) in [6.45, 7) is 12.2. The first-order chi connectivity index (χ1) is 11.6. The molecule has 0 unspecified atom stereocenters. The molecule has 0 saturated carbocycles. The smallest absolute Gasteiger partial charge is 0.137 e. The molecule has 128 valence electrons. The highest BCUT2D eigenvalue weighted by Gasteiger charge is 2.06. The minimum absolute atomic E-state index is 0.963. The zero-order valence-corrected chi connectivity index (χ0v) is 17.1. The molecular formula is C21H27BrN2. The van der Waals surface area contributed by atoms with Gasteiger partial charge in [0.2, 0.25) is 0 Å². The molecule has 2 nitrogen and oxygen atoms in total. The molecule has 2 aromatic heterocycles. The Labute approximate surface area is 154 Å². The van der Waals surface area contributed by atoms with Crippen molar-refractivity contribution in [2.45, 2.75) is 41.5 Å². The summed E-state index contributed by atoms with van der Waals surface area (Å²) in [4.78, 5) is 4.78. The highest BCUT2D eigenvalue weighted by atomic mass is 79.9. The van der Waals surface area contributed by atoms with Crippen molar-refractivity contribution in [3.8, 4) is 17.1 Å². The van der Waals surface area contributed by atoms with Gasteiger partial charge in [-0.3, -0.25) is 0 Å². The second kappa shape index (κ2) is 10.1. The van der Waals surface area contributed by atoms with Crippen LogP contribution in [-0.4, -0.2) is 9.55 Å². The molecule has 3 rings (SSSR count). The van der Waals surface area contributed by atoms with E-state index < -0.39 is 0 Å². The summed E-state index contributed by atoms with van der Waals surface area (Å²) in [5.74, 6) is 0.963. The topological polar surface area (TPSA) is 17.8 Å². The minimum Gasteiger partial charge on any atom is -0.303 e. The summed E-state index contributed by atoms with van der Waals surface area (Å²) < 4.78 is 3.25. The fourth-order valence-electron chi connectivity index (χ4n) is 2.36. The second-order valence-corrected chi connectivity index (χ2v) is 5.76. The molecule has 0 aliphatic rings. The average Bonchev–Trinajstić information content (AvgIpc) is 2.98. The van der Waals surface area contributed by atoms with Crippen LogP contribution in [0.15, 0.2) is 59.1 Å². The first kappa shape index (κ1) is 20.2. The van der Waals surface area contributed by atoms with E-state index >= 15 is 0 Å². The monoisotopic (exact) mass is 386 g/mol. The standard InChI is InChI=1S/C17H15BrN2.2C2H6/c1-12-6-7-13(2)20(12)17-5-3-4-16(19-17)14-8-10-15(18)11-9-14;2*1-2/h3-11H,1-2H3;2*1-2H3. The lowest BCUT2D eigenvalue weighted by molar-refractivity contribution is 0.924. The van der Waals surface area contributed by atoms with E-state index in [-0.39, 0.29) is 0 Å². The van der Waals surface area contributed by atoms with Crippen LogP contribution in [0, 0.1) is 13.8 Å². The molecule has 0 atom stereocenters. The van der Waals surface area contributed by atoms with Crippen LogP contribution in [-0.2, 0) is 0 Å². The number of halogens is 1. The van der Waals surface area contributed by atoms with Crippen molar-refractivity contribution in [3.63, 3.8) is 0 Å². The summed E-state index contributed by atoms with van der Waals surface area (Å²) >= 11 is 3.46. The van der Waals surface area contributed by atoms with E-state index in [1.165, 1.54) is 11.4 Å². The van der Waals surface area contributed by atoms with E-state index in [4.69, 9.17) is 4.98 Å². The lowest BCUT2D eigenvalue weighted by atomic mass is 10.1. The Morgan fingerprint density at radius 3 is 1.83 bits per heavy atom. The predicted molar refractivity (Wildman–Crippen MR) is 109 cm³/mol. The Kier molecular flexibility index (Phi) is 8.48. The number of hydrogen-bond acceptors (Lipinski definition) is 1. The Morgan fingerprint density at radius 1 is 0.750 bits per heavy atom. The van der Waals surface area contributed by atoms with E-state index in [2.05, 4.69) is 64.7 Å². The molecule has 0 amide bonds. The first-order valence-corrected chi connectivity index (χ1v) is 9.33. The zero-order valence-electron chi connectivity index (χ0n) is 15.5. The molecule has 0 spiro atoms. The summed E-state index contributed by atoms with van der Waals surface area (Å²) in [5.41, 5.74) is 4.51. The van der Waals surface area contributed by atoms with Gasteiger partial charge in [0.05, 0.1) is 5.69 Å². The zero-order chi connectivity index (χ0) is 18.1. The van der Waals surface area contributed by atoms with Gasteiger partial charge in [-0.25, -0.2) is 4.98 Å². The molecular weight excluding hydrogens is 360 g/mol. The summed E-state index contributed by atoms with van der Waals surface area (Å²) in [5, 5.41) is 0. The third kappa shape index (κ3) is 4.81. The molecule has 3 heteroatoms. The van der Waals surface area contributed by atoms with Crippen LogP contribution in [0.4, 0.5) is 0 Å². The van der Waals surface area contributed by atoms with Crippen LogP contribution in [0.5, 0.6) is 0 Å². The van der Waals surface area contributed by atoms with E-state index in [0.717, 1.165) is 21.5 Å². The van der Waals surface area contributed by atoms with Crippen molar-refractivity contribution in [1.29, 1.82) is 0 Å². The van der Waals surface area contributed by atoms with E-state index in [0.29, 0.717) is 0 Å². The molecule has 0 bridgehead atoms. The van der Waals surface area contributed by atoms with Gasteiger partial charge < -0.3 is 4.57 Å². The molecule has 0 N–H and O–H groups in total. The summed E-state index contributed by atoms with van der Waals surface area (Å²) in [6.07, 6.45) is 0. The third-order valence-corrected chi connectivity index (χ3v) is 3.90. The molecule has 0 fully saturated rings.